The van der Waals surface area contributed by atoms with Crippen molar-refractivity contribution in [2.24, 2.45) is 0 Å². The van der Waals surface area contributed by atoms with Crippen molar-refractivity contribution >= 4 is 24.4 Å². The van der Waals surface area contributed by atoms with Crippen LogP contribution in [0.4, 0.5) is 0 Å². The minimum atomic E-state index is 0.495. The fraction of sp³-hybridized carbons (Fsp3) is 0.444. The summed E-state index contributed by atoms with van der Waals surface area (Å²) in [5.41, 5.74) is 2.40. The number of rotatable bonds is 3. The Hall–Kier alpha value is -0.150. The summed E-state index contributed by atoms with van der Waals surface area (Å²) in [4.78, 5) is 4.16. The Balaban J connectivity index is 2.85. The zero-order valence-electron chi connectivity index (χ0n) is 7.32. The second kappa shape index (κ2) is 4.77. The molecule has 0 bridgehead atoms. The van der Waals surface area contributed by atoms with E-state index in [0.29, 0.717) is 5.25 Å². The summed E-state index contributed by atoms with van der Waals surface area (Å²) in [6.07, 6.45) is 3.97. The van der Waals surface area contributed by atoms with Crippen LogP contribution in [-0.4, -0.2) is 17.0 Å². The highest BCUT2D eigenvalue weighted by Gasteiger charge is 2.07. The summed E-state index contributed by atoms with van der Waals surface area (Å²) < 4.78 is 0. The molecule has 1 atom stereocenters. The lowest BCUT2D eigenvalue weighted by atomic mass is 10.2. The number of hydrogen-bond donors (Lipinski definition) is 1. The van der Waals surface area contributed by atoms with Gasteiger partial charge in [0.15, 0.2) is 0 Å². The van der Waals surface area contributed by atoms with E-state index in [1.165, 1.54) is 5.56 Å². The van der Waals surface area contributed by atoms with E-state index in [-0.39, 0.29) is 0 Å². The molecule has 1 rings (SSSR count). The van der Waals surface area contributed by atoms with Gasteiger partial charge >= 0.3 is 0 Å². The predicted molar refractivity (Wildman–Crippen MR) is 59.1 cm³/mol. The van der Waals surface area contributed by atoms with E-state index in [1.807, 2.05) is 24.9 Å². The first kappa shape index (κ1) is 9.93. The molecule has 0 spiro atoms. The number of hydrogen-bond acceptors (Lipinski definition) is 3. The largest absolute Gasteiger partial charge is 0.262 e. The van der Waals surface area contributed by atoms with Crippen molar-refractivity contribution in [3.63, 3.8) is 0 Å². The summed E-state index contributed by atoms with van der Waals surface area (Å²) in [7, 11) is 0. The van der Waals surface area contributed by atoms with E-state index in [1.54, 1.807) is 0 Å². The van der Waals surface area contributed by atoms with E-state index in [2.05, 4.69) is 36.0 Å². The molecule has 0 N–H and O–H groups in total. The van der Waals surface area contributed by atoms with Crippen molar-refractivity contribution in [1.82, 2.24) is 4.98 Å². The molecule has 0 aromatic carbocycles. The quantitative estimate of drug-likeness (QED) is 0.752. The summed E-state index contributed by atoms with van der Waals surface area (Å²) in [6.45, 7) is 2.01. The van der Waals surface area contributed by atoms with Crippen LogP contribution in [0.5, 0.6) is 0 Å². The first-order chi connectivity index (χ1) is 5.77. The zero-order valence-corrected chi connectivity index (χ0v) is 9.03. The van der Waals surface area contributed by atoms with Crippen molar-refractivity contribution in [3.8, 4) is 0 Å². The maximum Gasteiger partial charge on any atom is 0.0383 e. The second-order valence-electron chi connectivity index (χ2n) is 2.64. The Morgan fingerprint density at radius 2 is 2.42 bits per heavy atom. The number of thioether (sulfide) groups is 1. The summed E-state index contributed by atoms with van der Waals surface area (Å²) in [6, 6.07) is 4.18. The van der Waals surface area contributed by atoms with Crippen LogP contribution < -0.4 is 0 Å². The first-order valence-corrected chi connectivity index (χ1v) is 5.76. The molecule has 0 saturated carbocycles. The van der Waals surface area contributed by atoms with Crippen LogP contribution in [0.2, 0.25) is 0 Å². The average Bonchev–Trinajstić information content (AvgIpc) is 2.07. The van der Waals surface area contributed by atoms with Gasteiger partial charge in [0.2, 0.25) is 0 Å². The lowest BCUT2D eigenvalue weighted by Crippen LogP contribution is -1.96. The van der Waals surface area contributed by atoms with Gasteiger partial charge in [-0.05, 0) is 30.9 Å². The monoisotopic (exact) mass is 199 g/mol. The average molecular weight is 199 g/mol. The van der Waals surface area contributed by atoms with Crippen LogP contribution in [0.25, 0.3) is 0 Å². The van der Waals surface area contributed by atoms with Crippen LogP contribution in [0.15, 0.2) is 18.3 Å². The predicted octanol–water partition coefficient (Wildman–Crippen LogP) is 2.72. The van der Waals surface area contributed by atoms with Gasteiger partial charge in [-0.1, -0.05) is 0 Å². The molecule has 0 radical (unpaired) electrons. The molecule has 0 aliphatic rings. The highest BCUT2D eigenvalue weighted by molar-refractivity contribution is 7.99. The maximum atomic E-state index is 4.30. The molecule has 66 valence electrons. The summed E-state index contributed by atoms with van der Waals surface area (Å²) in [5, 5.41) is 0.495. The Kier molecular flexibility index (Phi) is 3.95. The molecule has 1 aromatic heterocycles. The van der Waals surface area contributed by atoms with Crippen LogP contribution >= 0.6 is 24.4 Å². The van der Waals surface area contributed by atoms with Crippen molar-refractivity contribution < 1.29 is 0 Å². The molecule has 0 amide bonds. The zero-order chi connectivity index (χ0) is 8.97. The van der Waals surface area contributed by atoms with E-state index in [9.17, 15) is 0 Å². The number of pyridine rings is 1. The van der Waals surface area contributed by atoms with Crippen molar-refractivity contribution in [2.45, 2.75) is 12.2 Å². The molecular weight excluding hydrogens is 186 g/mol. The lowest BCUT2D eigenvalue weighted by molar-refractivity contribution is 1.08. The molecule has 1 heterocycles. The molecule has 0 fully saturated rings. The van der Waals surface area contributed by atoms with Crippen LogP contribution in [0, 0.1) is 6.92 Å². The van der Waals surface area contributed by atoms with E-state index < -0.39 is 0 Å². The van der Waals surface area contributed by atoms with E-state index in [4.69, 9.17) is 0 Å². The first-order valence-electron chi connectivity index (χ1n) is 3.84. The topological polar surface area (TPSA) is 12.9 Å². The fourth-order valence-electron chi connectivity index (χ4n) is 1.08. The SMILES string of the molecule is CSC(CS)c1ccnc(C)c1. The number of thiol groups is 1. The molecule has 1 nitrogen and oxygen atoms in total. The van der Waals surface area contributed by atoms with Crippen molar-refractivity contribution in [1.29, 1.82) is 0 Å². The Morgan fingerprint density at radius 3 is 2.92 bits per heavy atom. The number of aryl methyl sites for hydroxylation is 1. The van der Waals surface area contributed by atoms with Gasteiger partial charge in [0.05, 0.1) is 0 Å². The standard InChI is InChI=1S/C9H13NS2/c1-7-5-8(3-4-10-7)9(6-11)12-2/h3-5,9,11H,6H2,1-2H3. The minimum Gasteiger partial charge on any atom is -0.262 e. The molecule has 1 unspecified atom stereocenters. The van der Waals surface area contributed by atoms with E-state index in [0.717, 1.165) is 11.4 Å². The van der Waals surface area contributed by atoms with Gasteiger partial charge in [0, 0.05) is 22.9 Å². The minimum absolute atomic E-state index is 0.495. The van der Waals surface area contributed by atoms with Gasteiger partial charge in [0.25, 0.3) is 0 Å². The molecule has 12 heavy (non-hydrogen) atoms. The Morgan fingerprint density at radius 1 is 1.67 bits per heavy atom. The van der Waals surface area contributed by atoms with Crippen molar-refractivity contribution in [3.05, 3.63) is 29.6 Å². The van der Waals surface area contributed by atoms with Crippen LogP contribution in [-0.2, 0) is 0 Å². The lowest BCUT2D eigenvalue weighted by Gasteiger charge is -2.11. The molecule has 0 aliphatic carbocycles. The smallest absolute Gasteiger partial charge is 0.0383 e. The fourth-order valence-corrected chi connectivity index (χ4v) is 2.31. The third-order valence-electron chi connectivity index (χ3n) is 1.74. The number of aromatic nitrogens is 1. The summed E-state index contributed by atoms with van der Waals surface area (Å²) in [5.74, 6) is 0.880. The van der Waals surface area contributed by atoms with Gasteiger partial charge in [0.1, 0.15) is 0 Å². The van der Waals surface area contributed by atoms with Gasteiger partial charge in [-0.3, -0.25) is 4.98 Å². The molecular formula is C9H13NS2. The van der Waals surface area contributed by atoms with Gasteiger partial charge < -0.3 is 0 Å². The Bertz CT molecular complexity index is 246. The molecule has 1 aromatic rings. The Labute approximate surface area is 83.4 Å². The molecule has 0 aliphatic heterocycles. The van der Waals surface area contributed by atoms with Gasteiger partial charge in [-0.25, -0.2) is 0 Å². The molecule has 3 heteroatoms. The maximum absolute atomic E-state index is 4.30. The highest BCUT2D eigenvalue weighted by Crippen LogP contribution is 2.27. The summed E-state index contributed by atoms with van der Waals surface area (Å²) >= 11 is 6.13. The van der Waals surface area contributed by atoms with Crippen LogP contribution in [0.3, 0.4) is 0 Å². The van der Waals surface area contributed by atoms with Crippen molar-refractivity contribution in [2.75, 3.05) is 12.0 Å². The van der Waals surface area contributed by atoms with Crippen LogP contribution in [0.1, 0.15) is 16.5 Å². The second-order valence-corrected chi connectivity index (χ2v) is 4.04. The molecule has 0 saturated heterocycles. The normalized spacial score (nSPS) is 12.9. The van der Waals surface area contributed by atoms with E-state index >= 15 is 0 Å². The third kappa shape index (κ3) is 2.42. The van der Waals surface area contributed by atoms with Gasteiger partial charge in [-0.15, -0.1) is 0 Å². The number of nitrogens with zero attached hydrogens (tertiary/aromatic N) is 1. The van der Waals surface area contributed by atoms with Gasteiger partial charge in [-0.2, -0.15) is 24.4 Å². The highest BCUT2D eigenvalue weighted by atomic mass is 32.2. The third-order valence-corrected chi connectivity index (χ3v) is 3.36.